The number of fused-ring (bicyclic) bond motifs is 1. The zero-order chi connectivity index (χ0) is 20.8. The van der Waals surface area contributed by atoms with E-state index in [9.17, 15) is 19.5 Å². The van der Waals surface area contributed by atoms with Crippen LogP contribution >= 0.6 is 15.9 Å². The Morgan fingerprint density at radius 1 is 1.34 bits per heavy atom. The average Bonchev–Trinajstić information content (AvgIpc) is 3.27. The molecule has 162 valence electrons. The first-order chi connectivity index (χ1) is 13.9. The number of ether oxygens (including phenoxy) is 2. The van der Waals surface area contributed by atoms with E-state index in [1.807, 2.05) is 0 Å². The van der Waals surface area contributed by atoms with Crippen LogP contribution in [-0.2, 0) is 23.9 Å². The Bertz CT molecular complexity index is 684. The monoisotopic (exact) mass is 472 g/mol. The van der Waals surface area contributed by atoms with Gasteiger partial charge < -0.3 is 24.8 Å². The molecule has 0 radical (unpaired) electrons. The van der Waals surface area contributed by atoms with Crippen molar-refractivity contribution in [3.05, 3.63) is 0 Å². The number of carbonyl (C=O) groups is 3. The number of aliphatic hydroxyl groups is 1. The summed E-state index contributed by atoms with van der Waals surface area (Å²) in [6.07, 6.45) is 5.16. The molecule has 29 heavy (non-hydrogen) atoms. The lowest BCUT2D eigenvalue weighted by Gasteiger charge is -2.35. The van der Waals surface area contributed by atoms with Gasteiger partial charge in [-0.15, -0.1) is 0 Å². The molecule has 3 aliphatic heterocycles. The first-order valence-corrected chi connectivity index (χ1v) is 11.6. The summed E-state index contributed by atoms with van der Waals surface area (Å²) in [5.74, 6) is -2.50. The molecule has 1 aliphatic carbocycles. The molecule has 2 amide bonds. The third-order valence-corrected chi connectivity index (χ3v) is 7.73. The molecule has 0 aromatic carbocycles. The topological polar surface area (TPSA) is 105 Å². The fourth-order valence-corrected chi connectivity index (χ4v) is 6.76. The van der Waals surface area contributed by atoms with Gasteiger partial charge in [0.2, 0.25) is 11.8 Å². The summed E-state index contributed by atoms with van der Waals surface area (Å²) >= 11 is 3.60. The van der Waals surface area contributed by atoms with Crippen molar-refractivity contribution in [2.45, 2.75) is 74.1 Å². The Morgan fingerprint density at radius 2 is 2.07 bits per heavy atom. The van der Waals surface area contributed by atoms with E-state index < -0.39 is 35.6 Å². The molecule has 3 unspecified atom stereocenters. The van der Waals surface area contributed by atoms with Gasteiger partial charge in [-0.25, -0.2) is 0 Å². The summed E-state index contributed by atoms with van der Waals surface area (Å²) in [5, 5.41) is 12.7. The minimum atomic E-state index is -1.07. The van der Waals surface area contributed by atoms with Crippen LogP contribution in [0.1, 0.15) is 45.4 Å². The molecule has 2 N–H and O–H groups in total. The van der Waals surface area contributed by atoms with Gasteiger partial charge in [-0.3, -0.25) is 14.4 Å². The molecule has 4 fully saturated rings. The number of rotatable bonds is 6. The third kappa shape index (κ3) is 3.29. The highest BCUT2D eigenvalue weighted by molar-refractivity contribution is 9.09. The van der Waals surface area contributed by atoms with E-state index in [0.29, 0.717) is 6.42 Å². The van der Waals surface area contributed by atoms with Crippen LogP contribution in [0.2, 0.25) is 0 Å². The SMILES string of the molecule is CCOC(=O)[C@H]1[C@H]2C(=O)N(CCO)C(C(=O)NC3CCCCC3)C23CC(Br)[C@@H]1O3. The van der Waals surface area contributed by atoms with Crippen LogP contribution in [0.25, 0.3) is 0 Å². The van der Waals surface area contributed by atoms with Gasteiger partial charge in [-0.1, -0.05) is 35.2 Å². The quantitative estimate of drug-likeness (QED) is 0.436. The zero-order valence-electron chi connectivity index (χ0n) is 16.6. The normalized spacial score (nSPS) is 38.9. The lowest BCUT2D eigenvalue weighted by molar-refractivity contribution is -0.154. The number of hydrogen-bond acceptors (Lipinski definition) is 6. The second-order valence-electron chi connectivity index (χ2n) is 8.51. The summed E-state index contributed by atoms with van der Waals surface area (Å²) in [4.78, 5) is 40.7. The van der Waals surface area contributed by atoms with Gasteiger partial charge in [0.15, 0.2) is 0 Å². The molecule has 1 spiro atoms. The molecule has 0 aromatic rings. The maximum atomic E-state index is 13.4. The van der Waals surface area contributed by atoms with Crippen molar-refractivity contribution in [1.29, 1.82) is 0 Å². The Labute approximate surface area is 178 Å². The standard InChI is InChI=1S/C20H29BrN2O6/c1-2-28-19(27)13-14-18(26)23(8-9-24)16(20(14)10-12(21)15(13)29-20)17(25)22-11-6-4-3-5-7-11/h11-16,24H,2-10H2,1H3,(H,22,25)/t12?,13-,14-,15-,16?,20?/m0/s1. The Morgan fingerprint density at radius 3 is 2.72 bits per heavy atom. The van der Waals surface area contributed by atoms with Gasteiger partial charge in [0.1, 0.15) is 11.6 Å². The van der Waals surface area contributed by atoms with Gasteiger partial charge in [-0.2, -0.15) is 0 Å². The Hall–Kier alpha value is -1.19. The van der Waals surface area contributed by atoms with E-state index >= 15 is 0 Å². The minimum Gasteiger partial charge on any atom is -0.466 e. The maximum absolute atomic E-state index is 13.4. The number of hydrogen-bond donors (Lipinski definition) is 2. The van der Waals surface area contributed by atoms with Crippen molar-refractivity contribution >= 4 is 33.7 Å². The molecule has 6 atom stereocenters. The Kier molecular flexibility index (Phi) is 5.92. The summed E-state index contributed by atoms with van der Waals surface area (Å²) < 4.78 is 11.5. The molecule has 1 saturated carbocycles. The van der Waals surface area contributed by atoms with E-state index in [1.165, 1.54) is 11.3 Å². The van der Waals surface area contributed by atoms with Crippen LogP contribution in [0, 0.1) is 11.8 Å². The first-order valence-electron chi connectivity index (χ1n) is 10.6. The van der Waals surface area contributed by atoms with Crippen molar-refractivity contribution < 1.29 is 29.0 Å². The number of nitrogens with zero attached hydrogens (tertiary/aromatic N) is 1. The molecular weight excluding hydrogens is 444 g/mol. The molecule has 4 aliphatic rings. The van der Waals surface area contributed by atoms with Crippen molar-refractivity contribution in [3.8, 4) is 0 Å². The molecule has 8 nitrogen and oxygen atoms in total. The number of β-amino-alcohol motifs (C(OH)–C–C–N with tert-alkyl or cyclic N) is 1. The minimum absolute atomic E-state index is 0.0381. The van der Waals surface area contributed by atoms with E-state index in [4.69, 9.17) is 9.47 Å². The van der Waals surface area contributed by atoms with Gasteiger partial charge >= 0.3 is 5.97 Å². The van der Waals surface area contributed by atoms with Crippen molar-refractivity contribution in [2.24, 2.45) is 11.8 Å². The highest BCUT2D eigenvalue weighted by Crippen LogP contribution is 2.60. The van der Waals surface area contributed by atoms with Crippen LogP contribution < -0.4 is 5.32 Å². The molecule has 3 saturated heterocycles. The zero-order valence-corrected chi connectivity index (χ0v) is 18.2. The fourth-order valence-electron chi connectivity index (χ4n) is 5.81. The highest BCUT2D eigenvalue weighted by Gasteiger charge is 2.76. The lowest BCUT2D eigenvalue weighted by Crippen LogP contribution is -2.57. The second-order valence-corrected chi connectivity index (χ2v) is 9.69. The molecular formula is C20H29BrN2O6. The number of esters is 1. The number of amides is 2. The lowest BCUT2D eigenvalue weighted by atomic mass is 9.70. The second kappa shape index (κ2) is 8.15. The predicted molar refractivity (Wildman–Crippen MR) is 106 cm³/mol. The third-order valence-electron chi connectivity index (χ3n) is 6.89. The molecule has 2 bridgehead atoms. The van der Waals surface area contributed by atoms with E-state index in [2.05, 4.69) is 21.2 Å². The molecule has 9 heteroatoms. The van der Waals surface area contributed by atoms with Crippen LogP contribution in [0.15, 0.2) is 0 Å². The summed E-state index contributed by atoms with van der Waals surface area (Å²) in [7, 11) is 0. The smallest absolute Gasteiger partial charge is 0.312 e. The van der Waals surface area contributed by atoms with Gasteiger partial charge in [0, 0.05) is 17.4 Å². The van der Waals surface area contributed by atoms with E-state index in [-0.39, 0.29) is 42.4 Å². The van der Waals surface area contributed by atoms with Gasteiger partial charge in [0.05, 0.1) is 31.2 Å². The van der Waals surface area contributed by atoms with Gasteiger partial charge in [-0.05, 0) is 26.2 Å². The first kappa shape index (κ1) is 21.1. The number of nitrogens with one attached hydrogen (secondary N) is 1. The van der Waals surface area contributed by atoms with Crippen molar-refractivity contribution in [3.63, 3.8) is 0 Å². The molecule has 0 aromatic heterocycles. The highest BCUT2D eigenvalue weighted by atomic mass is 79.9. The van der Waals surface area contributed by atoms with Crippen LogP contribution in [-0.4, -0.2) is 76.2 Å². The number of halogens is 1. The number of carbonyl (C=O) groups excluding carboxylic acids is 3. The van der Waals surface area contributed by atoms with Gasteiger partial charge in [0.25, 0.3) is 0 Å². The average molecular weight is 473 g/mol. The largest absolute Gasteiger partial charge is 0.466 e. The van der Waals surface area contributed by atoms with E-state index in [1.54, 1.807) is 6.92 Å². The van der Waals surface area contributed by atoms with E-state index in [0.717, 1.165) is 25.7 Å². The summed E-state index contributed by atoms with van der Waals surface area (Å²) in [5.41, 5.74) is -1.07. The fraction of sp³-hybridized carbons (Fsp3) is 0.850. The summed E-state index contributed by atoms with van der Waals surface area (Å²) in [6.45, 7) is 1.72. The van der Waals surface area contributed by atoms with Crippen LogP contribution in [0.4, 0.5) is 0 Å². The Balaban J connectivity index is 1.65. The molecule has 3 heterocycles. The van der Waals surface area contributed by atoms with Crippen LogP contribution in [0.5, 0.6) is 0 Å². The predicted octanol–water partition coefficient (Wildman–Crippen LogP) is 0.739. The number of alkyl halides is 1. The number of likely N-dealkylation sites (tertiary alicyclic amines) is 1. The maximum Gasteiger partial charge on any atom is 0.312 e. The molecule has 4 rings (SSSR count). The van der Waals surface area contributed by atoms with Crippen molar-refractivity contribution in [2.75, 3.05) is 19.8 Å². The van der Waals surface area contributed by atoms with Crippen LogP contribution in [0.3, 0.4) is 0 Å². The number of aliphatic hydroxyl groups excluding tert-OH is 1. The summed E-state index contributed by atoms with van der Waals surface area (Å²) in [6, 6.07) is -0.754. The van der Waals surface area contributed by atoms with Crippen molar-refractivity contribution in [1.82, 2.24) is 10.2 Å².